The molecule has 0 saturated carbocycles. The first-order valence-electron chi connectivity index (χ1n) is 1.93. The number of hydrogen-bond donors (Lipinski definition) is 1. The molecule has 0 aliphatic carbocycles. The van der Waals surface area contributed by atoms with Gasteiger partial charge in [0, 0.05) is 0 Å². The Morgan fingerprint density at radius 2 is 2.29 bits per heavy atom. The molecule has 0 aromatic carbocycles. The summed E-state index contributed by atoms with van der Waals surface area (Å²) in [6, 6.07) is 0. The van der Waals surface area contributed by atoms with Gasteiger partial charge >= 0.3 is 19.5 Å². The van der Waals surface area contributed by atoms with Crippen molar-refractivity contribution in [3.8, 4) is 0 Å². The Balaban J connectivity index is 0.000000360. The quantitative estimate of drug-likeness (QED) is 0.425. The maximum absolute atomic E-state index is 3.82. The van der Waals surface area contributed by atoms with Crippen LogP contribution in [0.1, 0.15) is 0 Å². The van der Waals surface area contributed by atoms with Gasteiger partial charge in [-0.3, -0.25) is 4.90 Å². The van der Waals surface area contributed by atoms with E-state index in [1.54, 1.807) is 6.20 Å². The summed E-state index contributed by atoms with van der Waals surface area (Å²) in [7, 11) is 2.02. The third kappa shape index (κ3) is 1.95. The molecule has 3 heteroatoms. The van der Waals surface area contributed by atoms with Crippen molar-refractivity contribution in [2.45, 2.75) is 0 Å². The summed E-state index contributed by atoms with van der Waals surface area (Å²) >= 11 is 0. The van der Waals surface area contributed by atoms with Gasteiger partial charge in [0.1, 0.15) is 6.20 Å². The maximum Gasteiger partial charge on any atom is 2.00 e. The minimum absolute atomic E-state index is 0. The zero-order chi connectivity index (χ0) is 4.41. The number of rotatable bonds is 0. The molecule has 0 saturated heterocycles. The third-order valence-electron chi connectivity index (χ3n) is 0.702. The van der Waals surface area contributed by atoms with E-state index in [0.29, 0.717) is 0 Å². The predicted molar refractivity (Wildman–Crippen MR) is 24.5 cm³/mol. The molecule has 0 amide bonds. The fourth-order valence-corrected chi connectivity index (χ4v) is 0.364. The third-order valence-corrected chi connectivity index (χ3v) is 0.702. The molecule has 0 radical (unpaired) electrons. The van der Waals surface area contributed by atoms with Crippen LogP contribution in [-0.4, -0.2) is 13.4 Å². The topological polar surface area (TPSA) is 16.8 Å². The fourth-order valence-electron chi connectivity index (χ4n) is 0.364. The largest absolute Gasteiger partial charge is 2.00 e. The molecule has 0 spiro atoms. The van der Waals surface area contributed by atoms with Crippen LogP contribution in [0.25, 0.3) is 0 Å². The number of nitrogens with zero attached hydrogens (tertiary/aromatic N) is 1. The minimum Gasteiger partial charge on any atom is -0.267 e. The van der Waals surface area contributed by atoms with Crippen LogP contribution >= 0.6 is 0 Å². The van der Waals surface area contributed by atoms with Crippen molar-refractivity contribution in [3.63, 3.8) is 0 Å². The average molecular weight is 149 g/mol. The van der Waals surface area contributed by atoms with Crippen LogP contribution < -0.4 is 4.90 Å². The second kappa shape index (κ2) is 3.06. The summed E-state index contributed by atoms with van der Waals surface area (Å²) < 4.78 is 0. The second-order valence-corrected chi connectivity index (χ2v) is 1.34. The van der Waals surface area contributed by atoms with E-state index in [1.165, 1.54) is 4.90 Å². The van der Waals surface area contributed by atoms with Crippen LogP contribution in [0.4, 0.5) is 0 Å². The Kier molecular flexibility index (Phi) is 3.05. The molecule has 0 bridgehead atoms. The predicted octanol–water partition coefficient (Wildman–Crippen LogP) is -0.988. The first kappa shape index (κ1) is 6.99. The minimum atomic E-state index is 0. The van der Waals surface area contributed by atoms with Gasteiger partial charge in [-0.05, 0) is 0 Å². The Bertz CT molecular complexity index is 85.9. The molecule has 2 nitrogen and oxygen atoms in total. The summed E-state index contributed by atoms with van der Waals surface area (Å²) in [4.78, 5) is 5.05. The van der Waals surface area contributed by atoms with E-state index >= 15 is 0 Å². The van der Waals surface area contributed by atoms with Crippen LogP contribution in [0.15, 0.2) is 17.4 Å². The fraction of sp³-hybridized carbons (Fsp3) is 0.250. The van der Waals surface area contributed by atoms with Gasteiger partial charge in [0.05, 0.1) is 13.2 Å². The van der Waals surface area contributed by atoms with Gasteiger partial charge in [-0.25, -0.2) is 4.99 Å². The molecule has 1 N–H and O–H groups in total. The summed E-state index contributed by atoms with van der Waals surface area (Å²) in [6.45, 7) is 0. The summed E-state index contributed by atoms with van der Waals surface area (Å²) in [5.41, 5.74) is 0. The molecule has 1 atom stereocenters. The van der Waals surface area contributed by atoms with Crippen molar-refractivity contribution < 1.29 is 24.4 Å². The molecule has 1 heterocycles. The van der Waals surface area contributed by atoms with Crippen LogP contribution in [0.3, 0.4) is 0 Å². The van der Waals surface area contributed by atoms with Crippen LogP contribution in [0, 0.1) is 0 Å². The van der Waals surface area contributed by atoms with Crippen LogP contribution in [0.5, 0.6) is 0 Å². The molecule has 0 fully saturated rings. The van der Waals surface area contributed by atoms with Crippen LogP contribution in [-0.2, 0) is 19.5 Å². The SMILES string of the molecule is C[NH+]1C=CN=C1.[Zn+2]. The Morgan fingerprint density at radius 1 is 1.57 bits per heavy atom. The van der Waals surface area contributed by atoms with Crippen molar-refractivity contribution in [1.82, 2.24) is 0 Å². The van der Waals surface area contributed by atoms with E-state index in [2.05, 4.69) is 4.99 Å². The monoisotopic (exact) mass is 147 g/mol. The first-order valence-corrected chi connectivity index (χ1v) is 1.93. The van der Waals surface area contributed by atoms with Crippen molar-refractivity contribution in [2.75, 3.05) is 7.05 Å². The van der Waals surface area contributed by atoms with Gasteiger partial charge < -0.3 is 0 Å². The number of aliphatic imine (C=N–C) groups is 1. The molecule has 1 rings (SSSR count). The van der Waals surface area contributed by atoms with Crippen molar-refractivity contribution in [3.05, 3.63) is 12.4 Å². The van der Waals surface area contributed by atoms with Crippen molar-refractivity contribution >= 4 is 6.34 Å². The van der Waals surface area contributed by atoms with Crippen molar-refractivity contribution in [2.24, 2.45) is 4.99 Å². The van der Waals surface area contributed by atoms with Crippen LogP contribution in [0.2, 0.25) is 0 Å². The molecular formula is C4H7N2Zn+3. The molecule has 0 aromatic rings. The van der Waals surface area contributed by atoms with Gasteiger partial charge in [-0.15, -0.1) is 0 Å². The van der Waals surface area contributed by atoms with Gasteiger partial charge in [0.25, 0.3) is 0 Å². The first-order chi connectivity index (χ1) is 2.89. The summed E-state index contributed by atoms with van der Waals surface area (Å²) in [6.07, 6.45) is 5.59. The molecular weight excluding hydrogens is 141 g/mol. The number of hydrogen-bond acceptors (Lipinski definition) is 1. The zero-order valence-corrected chi connectivity index (χ0v) is 7.35. The van der Waals surface area contributed by atoms with E-state index in [4.69, 9.17) is 0 Å². The standard InChI is InChI=1S/C4H6N2.Zn/c1-6-3-2-5-4-6;/h2-4H,1H3;/q;+2/p+1. The van der Waals surface area contributed by atoms with Gasteiger partial charge in [-0.1, -0.05) is 0 Å². The number of quaternary nitrogens is 1. The van der Waals surface area contributed by atoms with E-state index < -0.39 is 0 Å². The Labute approximate surface area is 55.7 Å². The smallest absolute Gasteiger partial charge is 0.267 e. The Hall–Kier alpha value is -0.00662. The van der Waals surface area contributed by atoms with Crippen molar-refractivity contribution in [1.29, 1.82) is 0 Å². The molecule has 1 unspecified atom stereocenters. The van der Waals surface area contributed by atoms with E-state index in [0.717, 1.165) is 0 Å². The summed E-state index contributed by atoms with van der Waals surface area (Å²) in [5, 5.41) is 0. The van der Waals surface area contributed by atoms with Gasteiger partial charge in [-0.2, -0.15) is 0 Å². The average Bonchev–Trinajstić information content (AvgIpc) is 1.86. The molecule has 1 aliphatic rings. The molecule has 0 aromatic heterocycles. The van der Waals surface area contributed by atoms with Gasteiger partial charge in [0.2, 0.25) is 0 Å². The molecule has 1 aliphatic heterocycles. The summed E-state index contributed by atoms with van der Waals surface area (Å²) in [5.74, 6) is 0. The molecule has 32 valence electrons. The zero-order valence-electron chi connectivity index (χ0n) is 4.39. The van der Waals surface area contributed by atoms with E-state index in [-0.39, 0.29) is 19.5 Å². The van der Waals surface area contributed by atoms with Gasteiger partial charge in [0.15, 0.2) is 6.34 Å². The Morgan fingerprint density at radius 3 is 2.43 bits per heavy atom. The molecule has 7 heavy (non-hydrogen) atoms. The van der Waals surface area contributed by atoms with E-state index in [1.807, 2.05) is 19.6 Å². The van der Waals surface area contributed by atoms with E-state index in [9.17, 15) is 0 Å². The maximum atomic E-state index is 3.82. The number of nitrogens with one attached hydrogen (secondary N) is 1. The normalized spacial score (nSPS) is 25.0. The second-order valence-electron chi connectivity index (χ2n) is 1.34.